The molecule has 0 radical (unpaired) electrons. The Morgan fingerprint density at radius 2 is 1.83 bits per heavy atom. The van der Waals surface area contributed by atoms with Crippen LogP contribution in [0.1, 0.15) is 23.6 Å². The van der Waals surface area contributed by atoms with Gasteiger partial charge in [-0.25, -0.2) is 5.01 Å². The number of benzene rings is 2. The van der Waals surface area contributed by atoms with Gasteiger partial charge in [-0.15, -0.1) is 0 Å². The van der Waals surface area contributed by atoms with Crippen molar-refractivity contribution >= 4 is 40.5 Å². The average Bonchev–Trinajstić information content (AvgIpc) is 2.55. The molecule has 1 aliphatic heterocycles. The van der Waals surface area contributed by atoms with Crippen LogP contribution in [-0.2, 0) is 11.3 Å². The van der Waals surface area contributed by atoms with E-state index in [1.54, 1.807) is 24.3 Å². The molecule has 1 amide bonds. The number of hydrogen-bond acceptors (Lipinski definition) is 4. The summed E-state index contributed by atoms with van der Waals surface area (Å²) in [5.41, 5.74) is 2.69. The molecule has 0 N–H and O–H groups in total. The number of rotatable bonds is 2. The van der Waals surface area contributed by atoms with Gasteiger partial charge in [-0.2, -0.15) is 5.10 Å². The Bertz CT molecular complexity index is 879. The summed E-state index contributed by atoms with van der Waals surface area (Å²) in [6.07, 6.45) is 0. The van der Waals surface area contributed by atoms with Crippen LogP contribution < -0.4 is 0 Å². The first-order chi connectivity index (χ1) is 11.4. The fourth-order valence-electron chi connectivity index (χ4n) is 2.45. The van der Waals surface area contributed by atoms with Crippen molar-refractivity contribution in [2.45, 2.75) is 13.5 Å². The van der Waals surface area contributed by atoms with Crippen molar-refractivity contribution in [1.29, 1.82) is 0 Å². The van der Waals surface area contributed by atoms with Gasteiger partial charge in [-0.05, 0) is 29.8 Å². The monoisotopic (exact) mass is 363 g/mol. The third kappa shape index (κ3) is 2.98. The number of carbonyl (C=O) groups is 1. The number of halogens is 2. The number of nitro groups is 1. The predicted molar refractivity (Wildman–Crippen MR) is 91.4 cm³/mol. The summed E-state index contributed by atoms with van der Waals surface area (Å²) in [7, 11) is 0. The van der Waals surface area contributed by atoms with E-state index in [9.17, 15) is 14.9 Å². The van der Waals surface area contributed by atoms with E-state index in [1.807, 2.05) is 0 Å². The van der Waals surface area contributed by atoms with Crippen LogP contribution >= 0.6 is 23.2 Å². The summed E-state index contributed by atoms with van der Waals surface area (Å²) in [6, 6.07) is 9.36. The Kier molecular flexibility index (Phi) is 4.26. The lowest BCUT2D eigenvalue weighted by Crippen LogP contribution is -2.30. The normalized spacial score (nSPS) is 13.3. The van der Waals surface area contributed by atoms with Crippen molar-refractivity contribution in [2.75, 3.05) is 0 Å². The standard InChI is InChI=1S/C16H11Cl2N3O3/c1-9(22)20-8-11-6-14(17)15(18)7-13(11)16(19-20)10-2-4-12(5-3-10)21(23)24/h2-7H,8H2,1H3. The lowest BCUT2D eigenvalue weighted by Gasteiger charge is -2.25. The molecule has 0 aliphatic carbocycles. The quantitative estimate of drug-likeness (QED) is 0.597. The minimum Gasteiger partial charge on any atom is -0.273 e. The molecule has 3 rings (SSSR count). The van der Waals surface area contributed by atoms with Crippen LogP contribution in [-0.4, -0.2) is 21.6 Å². The van der Waals surface area contributed by atoms with Gasteiger partial charge in [0.05, 0.1) is 27.2 Å². The van der Waals surface area contributed by atoms with Crippen molar-refractivity contribution in [3.8, 4) is 0 Å². The molecule has 2 aromatic carbocycles. The van der Waals surface area contributed by atoms with Crippen molar-refractivity contribution in [3.63, 3.8) is 0 Å². The largest absolute Gasteiger partial charge is 0.273 e. The van der Waals surface area contributed by atoms with E-state index in [4.69, 9.17) is 23.2 Å². The van der Waals surface area contributed by atoms with Crippen LogP contribution in [0.5, 0.6) is 0 Å². The van der Waals surface area contributed by atoms with E-state index in [1.165, 1.54) is 24.1 Å². The van der Waals surface area contributed by atoms with Crippen molar-refractivity contribution in [3.05, 3.63) is 73.2 Å². The molecular formula is C16H11Cl2N3O3. The van der Waals surface area contributed by atoms with Crippen LogP contribution in [0.3, 0.4) is 0 Å². The summed E-state index contributed by atoms with van der Waals surface area (Å²) in [6.45, 7) is 1.71. The van der Waals surface area contributed by atoms with Gasteiger partial charge in [0, 0.05) is 30.2 Å². The Hall–Kier alpha value is -2.44. The number of non-ortho nitro benzene ring substituents is 1. The van der Waals surface area contributed by atoms with E-state index >= 15 is 0 Å². The molecule has 2 aromatic rings. The molecule has 0 fully saturated rings. The van der Waals surface area contributed by atoms with E-state index in [-0.39, 0.29) is 18.1 Å². The third-order valence-corrected chi connectivity index (χ3v) is 4.38. The van der Waals surface area contributed by atoms with Gasteiger partial charge in [-0.1, -0.05) is 23.2 Å². The predicted octanol–water partition coefficient (Wildman–Crippen LogP) is 4.02. The van der Waals surface area contributed by atoms with Gasteiger partial charge >= 0.3 is 0 Å². The summed E-state index contributed by atoms with van der Waals surface area (Å²) in [4.78, 5) is 22.1. The molecule has 0 atom stereocenters. The van der Waals surface area contributed by atoms with Crippen LogP contribution in [0.25, 0.3) is 0 Å². The molecule has 24 heavy (non-hydrogen) atoms. The van der Waals surface area contributed by atoms with E-state index in [2.05, 4.69) is 5.10 Å². The SMILES string of the molecule is CC(=O)N1Cc2cc(Cl)c(Cl)cc2C(c2ccc([N+](=O)[O-])cc2)=N1. The van der Waals surface area contributed by atoms with E-state index in [0.29, 0.717) is 21.3 Å². The van der Waals surface area contributed by atoms with Gasteiger partial charge in [0.2, 0.25) is 5.91 Å². The summed E-state index contributed by atoms with van der Waals surface area (Å²) in [5, 5.41) is 17.3. The number of fused-ring (bicyclic) bond motifs is 1. The molecule has 1 heterocycles. The number of hydrogen-bond donors (Lipinski definition) is 0. The fourth-order valence-corrected chi connectivity index (χ4v) is 2.80. The molecule has 0 saturated carbocycles. The molecule has 0 saturated heterocycles. The van der Waals surface area contributed by atoms with Crippen molar-refractivity contribution < 1.29 is 9.72 Å². The summed E-state index contributed by atoms with van der Waals surface area (Å²) < 4.78 is 0. The summed E-state index contributed by atoms with van der Waals surface area (Å²) >= 11 is 12.2. The number of nitrogens with zero attached hydrogens (tertiary/aromatic N) is 3. The maximum absolute atomic E-state index is 11.8. The number of hydrazone groups is 1. The van der Waals surface area contributed by atoms with E-state index < -0.39 is 4.92 Å². The molecule has 6 nitrogen and oxygen atoms in total. The molecule has 122 valence electrons. The van der Waals surface area contributed by atoms with Crippen LogP contribution in [0.15, 0.2) is 41.5 Å². The topological polar surface area (TPSA) is 75.8 Å². The fraction of sp³-hybridized carbons (Fsp3) is 0.125. The third-order valence-electron chi connectivity index (χ3n) is 3.66. The first-order valence-electron chi connectivity index (χ1n) is 6.96. The van der Waals surface area contributed by atoms with Gasteiger partial charge in [0.15, 0.2) is 0 Å². The van der Waals surface area contributed by atoms with Crippen molar-refractivity contribution in [2.24, 2.45) is 5.10 Å². The molecule has 0 aromatic heterocycles. The molecule has 8 heteroatoms. The highest BCUT2D eigenvalue weighted by Crippen LogP contribution is 2.31. The smallest absolute Gasteiger partial charge is 0.269 e. The minimum atomic E-state index is -0.473. The van der Waals surface area contributed by atoms with Gasteiger partial charge in [0.25, 0.3) is 5.69 Å². The van der Waals surface area contributed by atoms with Crippen LogP contribution in [0.4, 0.5) is 5.69 Å². The first-order valence-corrected chi connectivity index (χ1v) is 7.72. The second-order valence-corrected chi connectivity index (χ2v) is 6.07. The highest BCUT2D eigenvalue weighted by molar-refractivity contribution is 6.42. The second kappa shape index (κ2) is 6.22. The maximum atomic E-state index is 11.8. The van der Waals surface area contributed by atoms with Gasteiger partial charge in [0.1, 0.15) is 0 Å². The lowest BCUT2D eigenvalue weighted by atomic mass is 9.96. The zero-order valence-electron chi connectivity index (χ0n) is 12.5. The first kappa shape index (κ1) is 16.4. The van der Waals surface area contributed by atoms with Gasteiger partial charge < -0.3 is 0 Å². The van der Waals surface area contributed by atoms with Crippen LogP contribution in [0, 0.1) is 10.1 Å². The molecule has 0 unspecified atom stereocenters. The molecule has 0 bridgehead atoms. The van der Waals surface area contributed by atoms with Crippen molar-refractivity contribution in [1.82, 2.24) is 5.01 Å². The highest BCUT2D eigenvalue weighted by atomic mass is 35.5. The van der Waals surface area contributed by atoms with E-state index in [0.717, 1.165) is 11.1 Å². The zero-order valence-corrected chi connectivity index (χ0v) is 14.0. The number of nitro benzene ring substituents is 1. The Balaban J connectivity index is 2.14. The molecule has 0 spiro atoms. The van der Waals surface area contributed by atoms with Crippen LogP contribution in [0.2, 0.25) is 10.0 Å². The highest BCUT2D eigenvalue weighted by Gasteiger charge is 2.24. The second-order valence-electron chi connectivity index (χ2n) is 5.25. The zero-order chi connectivity index (χ0) is 17.4. The average molecular weight is 364 g/mol. The number of amides is 1. The molecular weight excluding hydrogens is 353 g/mol. The maximum Gasteiger partial charge on any atom is 0.269 e. The lowest BCUT2D eigenvalue weighted by molar-refractivity contribution is -0.384. The Morgan fingerprint density at radius 1 is 1.21 bits per heavy atom. The van der Waals surface area contributed by atoms with Gasteiger partial charge in [-0.3, -0.25) is 14.9 Å². The minimum absolute atomic E-state index is 0.0204. The molecule has 1 aliphatic rings. The number of carbonyl (C=O) groups excluding carboxylic acids is 1. The Morgan fingerprint density at radius 3 is 2.42 bits per heavy atom. The summed E-state index contributed by atoms with van der Waals surface area (Å²) in [5.74, 6) is -0.217. The Labute approximate surface area is 147 Å².